The summed E-state index contributed by atoms with van der Waals surface area (Å²) in [5.41, 5.74) is 6.68. The number of aromatic nitrogens is 2. The van der Waals surface area contributed by atoms with E-state index < -0.39 is 0 Å². The third kappa shape index (κ3) is 2.69. The number of nitrogens with zero attached hydrogens (tertiary/aromatic N) is 2. The van der Waals surface area contributed by atoms with Gasteiger partial charge in [0, 0.05) is 25.4 Å². The second kappa shape index (κ2) is 5.66. The molecular weight excluding hydrogens is 252 g/mol. The van der Waals surface area contributed by atoms with Crippen molar-refractivity contribution in [1.82, 2.24) is 9.55 Å². The van der Waals surface area contributed by atoms with E-state index in [4.69, 9.17) is 17.3 Å². The number of halogens is 1. The van der Waals surface area contributed by atoms with Crippen molar-refractivity contribution in [3.8, 4) is 5.69 Å². The molecule has 0 aliphatic heterocycles. The Morgan fingerprint density at radius 1 is 1.50 bits per heavy atom. The molecule has 0 radical (unpaired) electrons. The van der Waals surface area contributed by atoms with E-state index in [0.717, 1.165) is 0 Å². The first kappa shape index (κ1) is 12.6. The van der Waals surface area contributed by atoms with Crippen LogP contribution in [-0.4, -0.2) is 22.0 Å². The molecular formula is C12H13ClN4O. The Morgan fingerprint density at radius 2 is 2.33 bits per heavy atom. The van der Waals surface area contributed by atoms with E-state index in [1.807, 2.05) is 0 Å². The first-order valence-corrected chi connectivity index (χ1v) is 5.87. The molecule has 2 rings (SSSR count). The molecule has 0 atom stereocenters. The average molecular weight is 265 g/mol. The second-order valence-electron chi connectivity index (χ2n) is 3.69. The molecule has 1 amide bonds. The lowest BCUT2D eigenvalue weighted by molar-refractivity contribution is -0.116. The Kier molecular flexibility index (Phi) is 3.96. The Morgan fingerprint density at radius 3 is 3.00 bits per heavy atom. The highest BCUT2D eigenvalue weighted by Gasteiger charge is 2.11. The summed E-state index contributed by atoms with van der Waals surface area (Å²) in [5.74, 6) is -0.138. The van der Waals surface area contributed by atoms with E-state index in [9.17, 15) is 4.79 Å². The largest absolute Gasteiger partial charge is 0.330 e. The number of nitrogens with one attached hydrogen (secondary N) is 1. The van der Waals surface area contributed by atoms with Crippen molar-refractivity contribution in [3.63, 3.8) is 0 Å². The lowest BCUT2D eigenvalue weighted by Gasteiger charge is -2.13. The molecule has 0 spiro atoms. The first-order chi connectivity index (χ1) is 8.72. The third-order valence-corrected chi connectivity index (χ3v) is 2.70. The summed E-state index contributed by atoms with van der Waals surface area (Å²) in [7, 11) is 0. The van der Waals surface area contributed by atoms with Crippen molar-refractivity contribution < 1.29 is 4.79 Å². The Hall–Kier alpha value is -1.85. The number of hydrogen-bond acceptors (Lipinski definition) is 3. The van der Waals surface area contributed by atoms with E-state index in [2.05, 4.69) is 10.3 Å². The van der Waals surface area contributed by atoms with Crippen LogP contribution in [0.4, 0.5) is 5.69 Å². The van der Waals surface area contributed by atoms with Crippen LogP contribution in [0.3, 0.4) is 0 Å². The van der Waals surface area contributed by atoms with Gasteiger partial charge < -0.3 is 15.6 Å². The molecule has 1 heterocycles. The van der Waals surface area contributed by atoms with Gasteiger partial charge in [-0.25, -0.2) is 4.98 Å². The maximum Gasteiger partial charge on any atom is 0.225 e. The number of nitrogens with two attached hydrogens (primary N) is 1. The molecule has 0 unspecified atom stereocenters. The quantitative estimate of drug-likeness (QED) is 0.885. The fourth-order valence-corrected chi connectivity index (χ4v) is 1.89. The molecule has 2 aromatic rings. The summed E-state index contributed by atoms with van der Waals surface area (Å²) in [6, 6.07) is 5.33. The monoisotopic (exact) mass is 264 g/mol. The van der Waals surface area contributed by atoms with Crippen molar-refractivity contribution in [2.75, 3.05) is 11.9 Å². The van der Waals surface area contributed by atoms with Crippen molar-refractivity contribution in [2.24, 2.45) is 5.73 Å². The third-order valence-electron chi connectivity index (χ3n) is 2.39. The Labute approximate surface area is 110 Å². The van der Waals surface area contributed by atoms with Crippen LogP contribution in [-0.2, 0) is 4.79 Å². The van der Waals surface area contributed by atoms with Gasteiger partial charge in [0.2, 0.25) is 5.91 Å². The summed E-state index contributed by atoms with van der Waals surface area (Å²) < 4.78 is 1.75. The zero-order chi connectivity index (χ0) is 13.0. The Bertz CT molecular complexity index is 539. The van der Waals surface area contributed by atoms with Crippen molar-refractivity contribution in [2.45, 2.75) is 6.42 Å². The summed E-state index contributed by atoms with van der Waals surface area (Å²) >= 11 is 6.16. The molecule has 18 heavy (non-hydrogen) atoms. The van der Waals surface area contributed by atoms with Crippen LogP contribution in [0.25, 0.3) is 5.69 Å². The lowest BCUT2D eigenvalue weighted by atomic mass is 10.2. The molecule has 0 aliphatic carbocycles. The fourth-order valence-electron chi connectivity index (χ4n) is 1.61. The van der Waals surface area contributed by atoms with Crippen LogP contribution in [0.5, 0.6) is 0 Å². The summed E-state index contributed by atoms with van der Waals surface area (Å²) in [4.78, 5) is 15.6. The highest BCUT2D eigenvalue weighted by atomic mass is 35.5. The summed E-state index contributed by atoms with van der Waals surface area (Å²) in [6.45, 7) is 0.312. The zero-order valence-electron chi connectivity index (χ0n) is 9.64. The minimum atomic E-state index is -0.138. The maximum atomic E-state index is 11.6. The van der Waals surface area contributed by atoms with E-state index in [1.54, 1.807) is 41.5 Å². The number of amides is 1. The van der Waals surface area contributed by atoms with Crippen LogP contribution in [0.1, 0.15) is 6.42 Å². The van der Waals surface area contributed by atoms with Crippen molar-refractivity contribution >= 4 is 23.2 Å². The van der Waals surface area contributed by atoms with E-state index in [0.29, 0.717) is 22.9 Å². The molecule has 0 aliphatic rings. The molecule has 1 aromatic heterocycles. The maximum absolute atomic E-state index is 11.6. The first-order valence-electron chi connectivity index (χ1n) is 5.49. The van der Waals surface area contributed by atoms with Gasteiger partial charge in [0.25, 0.3) is 0 Å². The van der Waals surface area contributed by atoms with Crippen LogP contribution in [0.15, 0.2) is 36.9 Å². The van der Waals surface area contributed by atoms with E-state index >= 15 is 0 Å². The van der Waals surface area contributed by atoms with Crippen LogP contribution in [0, 0.1) is 0 Å². The van der Waals surface area contributed by atoms with Crippen LogP contribution >= 0.6 is 11.6 Å². The summed E-state index contributed by atoms with van der Waals surface area (Å²) in [5, 5.41) is 3.33. The number of carbonyl (C=O) groups excluding carboxylic acids is 1. The minimum Gasteiger partial charge on any atom is -0.330 e. The molecule has 0 saturated heterocycles. The number of rotatable bonds is 4. The fraction of sp³-hybridized carbons (Fsp3) is 0.167. The zero-order valence-corrected chi connectivity index (χ0v) is 10.4. The molecule has 94 valence electrons. The predicted octanol–water partition coefficient (Wildman–Crippen LogP) is 1.81. The lowest BCUT2D eigenvalue weighted by Crippen LogP contribution is -2.17. The van der Waals surface area contributed by atoms with Gasteiger partial charge in [0.1, 0.15) is 0 Å². The van der Waals surface area contributed by atoms with Gasteiger partial charge >= 0.3 is 0 Å². The van der Waals surface area contributed by atoms with Crippen LogP contribution in [0.2, 0.25) is 5.02 Å². The topological polar surface area (TPSA) is 72.9 Å². The van der Waals surface area contributed by atoms with Gasteiger partial charge in [0.05, 0.1) is 22.7 Å². The molecule has 6 heteroatoms. The van der Waals surface area contributed by atoms with Crippen LogP contribution < -0.4 is 11.1 Å². The number of imidazole rings is 1. The molecule has 0 saturated carbocycles. The van der Waals surface area contributed by atoms with Gasteiger partial charge in [-0.1, -0.05) is 17.7 Å². The number of para-hydroxylation sites is 1. The SMILES string of the molecule is NCCC(=O)Nc1cccc(Cl)c1-n1ccnc1. The van der Waals surface area contributed by atoms with Gasteiger partial charge in [-0.15, -0.1) is 0 Å². The molecule has 3 N–H and O–H groups in total. The Balaban J connectivity index is 2.36. The number of hydrogen-bond donors (Lipinski definition) is 2. The highest BCUT2D eigenvalue weighted by Crippen LogP contribution is 2.28. The molecule has 5 nitrogen and oxygen atoms in total. The van der Waals surface area contributed by atoms with E-state index in [1.165, 1.54) is 0 Å². The molecule has 0 bridgehead atoms. The second-order valence-corrected chi connectivity index (χ2v) is 4.10. The van der Waals surface area contributed by atoms with Crippen molar-refractivity contribution in [1.29, 1.82) is 0 Å². The van der Waals surface area contributed by atoms with Gasteiger partial charge in [-0.3, -0.25) is 4.79 Å². The number of anilines is 1. The smallest absolute Gasteiger partial charge is 0.225 e. The van der Waals surface area contributed by atoms with Gasteiger partial charge in [0.15, 0.2) is 0 Å². The van der Waals surface area contributed by atoms with Gasteiger partial charge in [-0.2, -0.15) is 0 Å². The van der Waals surface area contributed by atoms with Gasteiger partial charge in [-0.05, 0) is 12.1 Å². The molecule has 1 aromatic carbocycles. The average Bonchev–Trinajstić information content (AvgIpc) is 2.82. The summed E-state index contributed by atoms with van der Waals surface area (Å²) in [6.07, 6.45) is 5.31. The van der Waals surface area contributed by atoms with Crippen molar-refractivity contribution in [3.05, 3.63) is 41.9 Å². The minimum absolute atomic E-state index is 0.138. The number of benzene rings is 1. The van der Waals surface area contributed by atoms with E-state index in [-0.39, 0.29) is 12.3 Å². The highest BCUT2D eigenvalue weighted by molar-refractivity contribution is 6.33. The standard InChI is InChI=1S/C12H13ClN4O/c13-9-2-1-3-10(16-11(18)4-5-14)12(9)17-7-6-15-8-17/h1-3,6-8H,4-5,14H2,(H,16,18). The predicted molar refractivity (Wildman–Crippen MR) is 70.9 cm³/mol. The molecule has 0 fully saturated rings. The number of carbonyl (C=O) groups is 1. The normalized spacial score (nSPS) is 10.3.